The maximum atomic E-state index is 12.6. The fourth-order valence-electron chi connectivity index (χ4n) is 3.67. The Balaban J connectivity index is 2.12. The molecule has 1 amide bonds. The zero-order valence-corrected chi connectivity index (χ0v) is 13.4. The van der Waals surface area contributed by atoms with Crippen LogP contribution in [0.5, 0.6) is 5.75 Å². The molecular weight excluding hydrogens is 276 g/mol. The van der Waals surface area contributed by atoms with Crippen LogP contribution in [0.3, 0.4) is 0 Å². The first-order valence-electron chi connectivity index (χ1n) is 8.34. The predicted octanol–water partition coefficient (Wildman–Crippen LogP) is 3.52. The Bertz CT molecular complexity index is 603. The van der Waals surface area contributed by atoms with Gasteiger partial charge in [-0.2, -0.15) is 0 Å². The van der Waals surface area contributed by atoms with Crippen molar-refractivity contribution in [2.45, 2.75) is 52.0 Å². The van der Waals surface area contributed by atoms with Gasteiger partial charge in [0.1, 0.15) is 11.8 Å². The van der Waals surface area contributed by atoms with Crippen molar-refractivity contribution in [3.05, 3.63) is 23.8 Å². The van der Waals surface area contributed by atoms with Crippen molar-refractivity contribution in [3.63, 3.8) is 0 Å². The molecule has 1 heterocycles. The van der Waals surface area contributed by atoms with Gasteiger partial charge in [-0.15, -0.1) is 0 Å². The highest BCUT2D eigenvalue weighted by Gasteiger charge is 2.31. The average Bonchev–Trinajstić information content (AvgIpc) is 2.64. The number of likely N-dealkylation sites (N-methyl/N-ethyl adjacent to an activating group) is 1. The molecule has 0 unspecified atom stereocenters. The Morgan fingerprint density at radius 2 is 2.00 bits per heavy atom. The number of hydrogen-bond donors (Lipinski definition) is 1. The Morgan fingerprint density at radius 1 is 1.27 bits per heavy atom. The van der Waals surface area contributed by atoms with Crippen molar-refractivity contribution in [1.29, 1.82) is 0 Å². The predicted molar refractivity (Wildman–Crippen MR) is 88.7 cm³/mol. The monoisotopic (exact) mass is 300 g/mol. The van der Waals surface area contributed by atoms with Gasteiger partial charge < -0.3 is 10.0 Å². The van der Waals surface area contributed by atoms with Crippen molar-refractivity contribution in [2.24, 2.45) is 10.9 Å². The summed E-state index contributed by atoms with van der Waals surface area (Å²) in [5.74, 6) is 0.682. The van der Waals surface area contributed by atoms with Crippen molar-refractivity contribution < 1.29 is 9.90 Å². The second-order valence-electron chi connectivity index (χ2n) is 6.31. The van der Waals surface area contributed by atoms with Crippen molar-refractivity contribution in [1.82, 2.24) is 0 Å². The number of benzene rings is 1. The highest BCUT2D eigenvalue weighted by Crippen LogP contribution is 2.35. The van der Waals surface area contributed by atoms with Gasteiger partial charge in [0, 0.05) is 23.7 Å². The van der Waals surface area contributed by atoms with E-state index in [-0.39, 0.29) is 17.7 Å². The van der Waals surface area contributed by atoms with Crippen LogP contribution in [0.4, 0.5) is 5.69 Å². The van der Waals surface area contributed by atoms with Gasteiger partial charge in [0.25, 0.3) is 5.91 Å². The quantitative estimate of drug-likeness (QED) is 0.908. The molecule has 1 aliphatic carbocycles. The number of rotatable bonds is 2. The summed E-state index contributed by atoms with van der Waals surface area (Å²) >= 11 is 0. The van der Waals surface area contributed by atoms with E-state index in [9.17, 15) is 9.90 Å². The number of phenolic OH excluding ortho intramolecular Hbond substituents is 1. The number of carbonyl (C=O) groups excluding carboxylic acids is 1. The standard InChI is InChI=1S/C18H24N2O2/c1-3-20-16-10-9-14(21)11-15(16)17(19-12(2)18(20)22)13-7-5-4-6-8-13/h9-13,21H,3-8H2,1-2H3/t12-/m0/s1. The first-order chi connectivity index (χ1) is 10.6. The zero-order valence-electron chi connectivity index (χ0n) is 13.4. The summed E-state index contributed by atoms with van der Waals surface area (Å²) in [6.45, 7) is 4.47. The van der Waals surface area contributed by atoms with Crippen LogP contribution in [0, 0.1) is 5.92 Å². The number of anilines is 1. The van der Waals surface area contributed by atoms with Crippen LogP contribution < -0.4 is 4.90 Å². The number of phenols is 1. The van der Waals surface area contributed by atoms with Gasteiger partial charge in [-0.25, -0.2) is 0 Å². The molecule has 1 saturated carbocycles. The molecule has 0 spiro atoms. The fraction of sp³-hybridized carbons (Fsp3) is 0.556. The van der Waals surface area contributed by atoms with Crippen LogP contribution in [0.15, 0.2) is 23.2 Å². The molecule has 1 N–H and O–H groups in total. The Labute approximate surface area is 131 Å². The van der Waals surface area contributed by atoms with Gasteiger partial charge in [-0.05, 0) is 44.9 Å². The normalized spacial score (nSPS) is 23.0. The maximum Gasteiger partial charge on any atom is 0.251 e. The van der Waals surface area contributed by atoms with E-state index in [0.29, 0.717) is 12.5 Å². The summed E-state index contributed by atoms with van der Waals surface area (Å²) in [6, 6.07) is 4.93. The molecule has 1 atom stereocenters. The summed E-state index contributed by atoms with van der Waals surface area (Å²) in [5, 5.41) is 9.93. The van der Waals surface area contributed by atoms with E-state index < -0.39 is 0 Å². The summed E-state index contributed by atoms with van der Waals surface area (Å²) in [4.78, 5) is 19.2. The van der Waals surface area contributed by atoms with Gasteiger partial charge >= 0.3 is 0 Å². The molecular formula is C18H24N2O2. The van der Waals surface area contributed by atoms with Gasteiger partial charge in [0.15, 0.2) is 0 Å². The molecule has 22 heavy (non-hydrogen) atoms. The van der Waals surface area contributed by atoms with Gasteiger partial charge in [-0.1, -0.05) is 19.3 Å². The van der Waals surface area contributed by atoms with Crippen molar-refractivity contribution in [3.8, 4) is 5.75 Å². The molecule has 1 aromatic carbocycles. The molecule has 4 heteroatoms. The van der Waals surface area contributed by atoms with E-state index in [2.05, 4.69) is 0 Å². The molecule has 4 nitrogen and oxygen atoms in total. The Hall–Kier alpha value is -1.84. The maximum absolute atomic E-state index is 12.6. The van der Waals surface area contributed by atoms with Gasteiger partial charge in [0.05, 0.1) is 5.69 Å². The Kier molecular flexibility index (Phi) is 4.19. The molecule has 1 fully saturated rings. The lowest BCUT2D eigenvalue weighted by Gasteiger charge is -2.26. The number of fused-ring (bicyclic) bond motifs is 1. The molecule has 118 valence electrons. The van der Waals surface area contributed by atoms with E-state index in [0.717, 1.165) is 29.8 Å². The van der Waals surface area contributed by atoms with E-state index in [1.165, 1.54) is 19.3 Å². The number of aromatic hydroxyl groups is 1. The highest BCUT2D eigenvalue weighted by molar-refractivity contribution is 6.13. The summed E-state index contributed by atoms with van der Waals surface area (Å²) in [5.41, 5.74) is 2.84. The third-order valence-electron chi connectivity index (χ3n) is 4.81. The molecule has 0 aromatic heterocycles. The van der Waals surface area contributed by atoms with Crippen LogP contribution in [0.2, 0.25) is 0 Å². The lowest BCUT2D eigenvalue weighted by molar-refractivity contribution is -0.119. The summed E-state index contributed by atoms with van der Waals surface area (Å²) in [6.07, 6.45) is 5.98. The first-order valence-corrected chi connectivity index (χ1v) is 8.34. The average molecular weight is 300 g/mol. The van der Waals surface area contributed by atoms with Crippen LogP contribution in [-0.4, -0.2) is 29.3 Å². The fourth-order valence-corrected chi connectivity index (χ4v) is 3.67. The first kappa shape index (κ1) is 15.1. The lowest BCUT2D eigenvalue weighted by atomic mass is 9.82. The second-order valence-corrected chi connectivity index (χ2v) is 6.31. The van der Waals surface area contributed by atoms with Crippen LogP contribution >= 0.6 is 0 Å². The van der Waals surface area contributed by atoms with E-state index >= 15 is 0 Å². The van der Waals surface area contributed by atoms with E-state index in [4.69, 9.17) is 4.99 Å². The number of carbonyl (C=O) groups is 1. The minimum Gasteiger partial charge on any atom is -0.508 e. The minimum atomic E-state index is -0.355. The molecule has 0 saturated heterocycles. The van der Waals surface area contributed by atoms with Crippen molar-refractivity contribution >= 4 is 17.3 Å². The smallest absolute Gasteiger partial charge is 0.251 e. The highest BCUT2D eigenvalue weighted by atomic mass is 16.3. The number of benzodiazepines with no additional fused rings is 1. The molecule has 3 rings (SSSR count). The molecule has 0 radical (unpaired) electrons. The molecule has 0 bridgehead atoms. The number of hydrogen-bond acceptors (Lipinski definition) is 3. The van der Waals surface area contributed by atoms with Crippen molar-refractivity contribution in [2.75, 3.05) is 11.4 Å². The third kappa shape index (κ3) is 2.62. The third-order valence-corrected chi connectivity index (χ3v) is 4.81. The zero-order chi connectivity index (χ0) is 15.7. The number of amides is 1. The van der Waals surface area contributed by atoms with Crippen LogP contribution in [-0.2, 0) is 4.79 Å². The second kappa shape index (κ2) is 6.11. The summed E-state index contributed by atoms with van der Waals surface area (Å²) in [7, 11) is 0. The van der Waals surface area contributed by atoms with Gasteiger partial charge in [-0.3, -0.25) is 9.79 Å². The number of aliphatic imine (C=N–C) groups is 1. The largest absolute Gasteiger partial charge is 0.508 e. The van der Waals surface area contributed by atoms with E-state index in [1.54, 1.807) is 17.0 Å². The van der Waals surface area contributed by atoms with E-state index in [1.807, 2.05) is 19.9 Å². The number of nitrogens with zero attached hydrogens (tertiary/aromatic N) is 2. The molecule has 2 aliphatic rings. The van der Waals surface area contributed by atoms with Crippen LogP contribution in [0.25, 0.3) is 0 Å². The SMILES string of the molecule is CCN1C(=O)[C@H](C)N=C(C2CCCCC2)c2cc(O)ccc21. The Morgan fingerprint density at radius 3 is 2.68 bits per heavy atom. The van der Waals surface area contributed by atoms with Gasteiger partial charge in [0.2, 0.25) is 0 Å². The lowest BCUT2D eigenvalue weighted by Crippen LogP contribution is -2.36. The minimum absolute atomic E-state index is 0.0419. The summed E-state index contributed by atoms with van der Waals surface area (Å²) < 4.78 is 0. The molecule has 1 aromatic rings. The molecule has 1 aliphatic heterocycles. The topological polar surface area (TPSA) is 52.9 Å². The van der Waals surface area contributed by atoms with Crippen LogP contribution in [0.1, 0.15) is 51.5 Å².